The van der Waals surface area contributed by atoms with Gasteiger partial charge < -0.3 is 15.0 Å². The van der Waals surface area contributed by atoms with Gasteiger partial charge in [-0.1, -0.05) is 19.9 Å². The molecule has 3 aromatic rings. The molecule has 136 valence electrons. The molecule has 3 rings (SSSR count). The van der Waals surface area contributed by atoms with Gasteiger partial charge in [0.2, 0.25) is 0 Å². The Morgan fingerprint density at radius 1 is 1.12 bits per heavy atom. The Labute approximate surface area is 154 Å². The number of H-pyrrole nitrogens is 1. The molecule has 1 aromatic heterocycles. The van der Waals surface area contributed by atoms with E-state index in [0.29, 0.717) is 12.1 Å². The normalized spacial score (nSPS) is 11.6. The van der Waals surface area contributed by atoms with Gasteiger partial charge in [0.15, 0.2) is 0 Å². The third kappa shape index (κ3) is 3.45. The van der Waals surface area contributed by atoms with E-state index in [-0.39, 0.29) is 11.3 Å². The zero-order chi connectivity index (χ0) is 18.9. The van der Waals surface area contributed by atoms with Gasteiger partial charge in [0.1, 0.15) is 5.75 Å². The van der Waals surface area contributed by atoms with Gasteiger partial charge >= 0.3 is 0 Å². The minimum absolute atomic E-state index is 0.0430. The number of hydrogen-bond donors (Lipinski definition) is 2. The first-order valence-corrected chi connectivity index (χ1v) is 8.83. The number of amides is 1. The fourth-order valence-corrected chi connectivity index (χ4v) is 3.17. The van der Waals surface area contributed by atoms with Gasteiger partial charge in [-0.25, -0.2) is 0 Å². The van der Waals surface area contributed by atoms with Crippen molar-refractivity contribution in [3.05, 3.63) is 64.8 Å². The summed E-state index contributed by atoms with van der Waals surface area (Å²) in [6, 6.07) is 11.8. The topological polar surface area (TPSA) is 54.1 Å². The van der Waals surface area contributed by atoms with Crippen molar-refractivity contribution in [2.24, 2.45) is 0 Å². The number of methoxy groups -OCH3 is 1. The SMILES string of the molecule is COc1ccc2[nH]cc(C(C)(C)CNC(=O)c3ccc(C)c(C)c3)c2c1. The molecule has 0 aliphatic heterocycles. The predicted molar refractivity (Wildman–Crippen MR) is 106 cm³/mol. The van der Waals surface area contributed by atoms with Crippen LogP contribution in [0.25, 0.3) is 10.9 Å². The molecule has 4 nitrogen and oxygen atoms in total. The van der Waals surface area contributed by atoms with Gasteiger partial charge in [-0.05, 0) is 60.9 Å². The second-order valence-electron chi connectivity index (χ2n) is 7.48. The van der Waals surface area contributed by atoms with Gasteiger partial charge in [0.05, 0.1) is 7.11 Å². The van der Waals surface area contributed by atoms with Crippen LogP contribution in [0.3, 0.4) is 0 Å². The van der Waals surface area contributed by atoms with E-state index in [0.717, 1.165) is 27.8 Å². The maximum Gasteiger partial charge on any atom is 0.251 e. The third-order valence-corrected chi connectivity index (χ3v) is 5.08. The second-order valence-corrected chi connectivity index (χ2v) is 7.48. The van der Waals surface area contributed by atoms with E-state index in [2.05, 4.69) is 24.1 Å². The lowest BCUT2D eigenvalue weighted by atomic mass is 9.84. The van der Waals surface area contributed by atoms with E-state index in [1.165, 1.54) is 5.56 Å². The Hall–Kier alpha value is -2.75. The Kier molecular flexibility index (Phi) is 4.77. The molecule has 26 heavy (non-hydrogen) atoms. The Morgan fingerprint density at radius 3 is 2.58 bits per heavy atom. The molecule has 0 fully saturated rings. The summed E-state index contributed by atoms with van der Waals surface area (Å²) in [5, 5.41) is 4.20. The average molecular weight is 350 g/mol. The Balaban J connectivity index is 1.80. The number of aromatic amines is 1. The van der Waals surface area contributed by atoms with Crippen LogP contribution in [0, 0.1) is 13.8 Å². The summed E-state index contributed by atoms with van der Waals surface area (Å²) in [7, 11) is 1.67. The van der Waals surface area contributed by atoms with Crippen LogP contribution in [0.5, 0.6) is 5.75 Å². The number of nitrogens with one attached hydrogen (secondary N) is 2. The van der Waals surface area contributed by atoms with Crippen molar-refractivity contribution in [2.75, 3.05) is 13.7 Å². The van der Waals surface area contributed by atoms with Crippen LogP contribution in [-0.2, 0) is 5.41 Å². The van der Waals surface area contributed by atoms with Crippen molar-refractivity contribution >= 4 is 16.8 Å². The molecule has 0 spiro atoms. The lowest BCUT2D eigenvalue weighted by molar-refractivity contribution is 0.0945. The third-order valence-electron chi connectivity index (χ3n) is 5.08. The first kappa shape index (κ1) is 18.1. The first-order valence-electron chi connectivity index (χ1n) is 8.83. The highest BCUT2D eigenvalue weighted by molar-refractivity contribution is 5.94. The first-order chi connectivity index (χ1) is 12.3. The maximum atomic E-state index is 12.5. The van der Waals surface area contributed by atoms with Crippen molar-refractivity contribution in [3.8, 4) is 5.75 Å². The molecular weight excluding hydrogens is 324 g/mol. The fraction of sp³-hybridized carbons (Fsp3) is 0.318. The number of carbonyl (C=O) groups is 1. The lowest BCUT2D eigenvalue weighted by Gasteiger charge is -2.25. The van der Waals surface area contributed by atoms with Crippen LogP contribution >= 0.6 is 0 Å². The van der Waals surface area contributed by atoms with E-state index in [9.17, 15) is 4.79 Å². The number of ether oxygens (including phenoxy) is 1. The summed E-state index contributed by atoms with van der Waals surface area (Å²) in [5.74, 6) is 0.784. The summed E-state index contributed by atoms with van der Waals surface area (Å²) >= 11 is 0. The number of rotatable bonds is 5. The average Bonchev–Trinajstić information content (AvgIpc) is 3.06. The largest absolute Gasteiger partial charge is 0.497 e. The van der Waals surface area contributed by atoms with E-state index < -0.39 is 0 Å². The summed E-state index contributed by atoms with van der Waals surface area (Å²) in [5.41, 5.74) is 5.01. The number of hydrogen-bond acceptors (Lipinski definition) is 2. The summed E-state index contributed by atoms with van der Waals surface area (Å²) in [6.45, 7) is 8.88. The Bertz CT molecular complexity index is 954. The van der Waals surface area contributed by atoms with Gasteiger partial charge in [0.25, 0.3) is 5.91 Å². The van der Waals surface area contributed by atoms with Crippen molar-refractivity contribution in [2.45, 2.75) is 33.1 Å². The Morgan fingerprint density at radius 2 is 1.88 bits per heavy atom. The summed E-state index contributed by atoms with van der Waals surface area (Å²) in [4.78, 5) is 15.9. The van der Waals surface area contributed by atoms with Crippen LogP contribution in [-0.4, -0.2) is 24.5 Å². The van der Waals surface area contributed by atoms with Gasteiger partial charge in [-0.3, -0.25) is 4.79 Å². The highest BCUT2D eigenvalue weighted by Crippen LogP contribution is 2.32. The van der Waals surface area contributed by atoms with Crippen LogP contribution in [0.4, 0.5) is 0 Å². The summed E-state index contributed by atoms with van der Waals surface area (Å²) < 4.78 is 5.35. The standard InChI is InChI=1S/C22H26N2O2/c1-14-6-7-16(10-15(14)2)21(25)24-13-22(3,4)19-12-23-20-9-8-17(26-5)11-18(19)20/h6-12,23H,13H2,1-5H3,(H,24,25). The maximum absolute atomic E-state index is 12.5. The van der Waals surface area contributed by atoms with E-state index >= 15 is 0 Å². The number of benzene rings is 2. The number of aryl methyl sites for hydroxylation is 2. The van der Waals surface area contributed by atoms with Gasteiger partial charge in [-0.15, -0.1) is 0 Å². The van der Waals surface area contributed by atoms with Crippen molar-refractivity contribution in [1.82, 2.24) is 10.3 Å². The minimum Gasteiger partial charge on any atom is -0.497 e. The molecule has 0 atom stereocenters. The van der Waals surface area contributed by atoms with E-state index in [4.69, 9.17) is 4.74 Å². The molecule has 0 saturated heterocycles. The lowest BCUT2D eigenvalue weighted by Crippen LogP contribution is -2.36. The highest BCUT2D eigenvalue weighted by atomic mass is 16.5. The van der Waals surface area contributed by atoms with Crippen LogP contribution < -0.4 is 10.1 Å². The predicted octanol–water partition coefficient (Wildman–Crippen LogP) is 4.50. The van der Waals surface area contributed by atoms with Crippen LogP contribution in [0.1, 0.15) is 40.9 Å². The number of fused-ring (bicyclic) bond motifs is 1. The molecule has 0 aliphatic carbocycles. The molecule has 4 heteroatoms. The van der Waals surface area contributed by atoms with E-state index in [1.54, 1.807) is 7.11 Å². The molecule has 1 amide bonds. The van der Waals surface area contributed by atoms with Gasteiger partial charge in [-0.2, -0.15) is 0 Å². The van der Waals surface area contributed by atoms with Crippen LogP contribution in [0.15, 0.2) is 42.6 Å². The smallest absolute Gasteiger partial charge is 0.251 e. The zero-order valence-corrected chi connectivity index (χ0v) is 16.1. The molecule has 2 N–H and O–H groups in total. The molecule has 0 unspecified atom stereocenters. The molecule has 0 radical (unpaired) electrons. The molecule has 0 bridgehead atoms. The van der Waals surface area contributed by atoms with Crippen LogP contribution in [0.2, 0.25) is 0 Å². The molecule has 0 aliphatic rings. The highest BCUT2D eigenvalue weighted by Gasteiger charge is 2.25. The van der Waals surface area contributed by atoms with Gasteiger partial charge in [0, 0.05) is 34.6 Å². The van der Waals surface area contributed by atoms with Crippen molar-refractivity contribution in [3.63, 3.8) is 0 Å². The fourth-order valence-electron chi connectivity index (χ4n) is 3.17. The molecule has 2 aromatic carbocycles. The van der Waals surface area contributed by atoms with Crippen molar-refractivity contribution < 1.29 is 9.53 Å². The number of carbonyl (C=O) groups excluding carboxylic acids is 1. The minimum atomic E-state index is -0.222. The molecular formula is C22H26N2O2. The van der Waals surface area contributed by atoms with Crippen molar-refractivity contribution in [1.29, 1.82) is 0 Å². The van der Waals surface area contributed by atoms with E-state index in [1.807, 2.05) is 56.4 Å². The quantitative estimate of drug-likeness (QED) is 0.712. The zero-order valence-electron chi connectivity index (χ0n) is 16.1. The summed E-state index contributed by atoms with van der Waals surface area (Å²) in [6.07, 6.45) is 2.02. The molecule has 1 heterocycles. The number of aromatic nitrogens is 1. The molecule has 0 saturated carbocycles. The second kappa shape index (κ2) is 6.87. The monoisotopic (exact) mass is 350 g/mol.